The first-order chi connectivity index (χ1) is 15.1. The van der Waals surface area contributed by atoms with E-state index in [4.69, 9.17) is 4.74 Å². The summed E-state index contributed by atoms with van der Waals surface area (Å²) in [6.07, 6.45) is -4.92. The Hall–Kier alpha value is -2.98. The summed E-state index contributed by atoms with van der Waals surface area (Å²) in [6.45, 7) is 2.59. The summed E-state index contributed by atoms with van der Waals surface area (Å²) in [5.41, 5.74) is 0.0351. The molecular weight excluding hydrogens is 430 g/mol. The maximum atomic E-state index is 13.3. The zero-order valence-electron chi connectivity index (χ0n) is 17.2. The van der Waals surface area contributed by atoms with Crippen molar-refractivity contribution >= 4 is 23.2 Å². The van der Waals surface area contributed by atoms with E-state index in [1.165, 1.54) is 23.1 Å². The Bertz CT molecular complexity index is 1030. The molecule has 2 aliphatic rings. The Morgan fingerprint density at radius 2 is 1.91 bits per heavy atom. The van der Waals surface area contributed by atoms with Crippen molar-refractivity contribution in [3.63, 3.8) is 0 Å². The molecule has 4 rings (SSSR count). The third-order valence-corrected chi connectivity index (χ3v) is 5.70. The summed E-state index contributed by atoms with van der Waals surface area (Å²) in [5.74, 6) is -1.33. The third kappa shape index (κ3) is 4.46. The molecule has 0 spiro atoms. The van der Waals surface area contributed by atoms with Gasteiger partial charge in [-0.25, -0.2) is 4.39 Å². The molecule has 1 saturated heterocycles. The first-order valence-corrected chi connectivity index (χ1v) is 10.1. The Balaban J connectivity index is 1.54. The smallest absolute Gasteiger partial charge is 0.371 e. The number of hydrogen-bond acceptors (Lipinski definition) is 4. The monoisotopic (exact) mass is 451 g/mol. The van der Waals surface area contributed by atoms with Gasteiger partial charge in [0.05, 0.1) is 35.7 Å². The highest BCUT2D eigenvalue weighted by Gasteiger charge is 2.37. The zero-order chi connectivity index (χ0) is 23.0. The van der Waals surface area contributed by atoms with Crippen LogP contribution in [0.3, 0.4) is 0 Å². The SMILES string of the molecule is CC(C(=O)N1CC(=O)Nc2cc(C(F)(F)F)ccc21)N1CCOC(c2ccc(F)cc2)C1. The molecule has 170 valence electrons. The largest absolute Gasteiger partial charge is 0.416 e. The van der Waals surface area contributed by atoms with Crippen molar-refractivity contribution in [1.82, 2.24) is 4.90 Å². The fraction of sp³-hybridized carbons (Fsp3) is 0.364. The topological polar surface area (TPSA) is 61.9 Å². The van der Waals surface area contributed by atoms with Crippen LogP contribution in [0.15, 0.2) is 42.5 Å². The standard InChI is InChI=1S/C22H21F4N3O3/c1-13(28-8-9-32-19(11-28)14-2-5-16(23)6-3-14)21(31)29-12-20(30)27-17-10-15(22(24,25)26)4-7-18(17)29/h2-7,10,13,19H,8-9,11-12H2,1H3,(H,27,30). The molecule has 6 nitrogen and oxygen atoms in total. The minimum atomic E-state index is -4.57. The van der Waals surface area contributed by atoms with Crippen LogP contribution < -0.4 is 10.2 Å². The molecule has 1 fully saturated rings. The van der Waals surface area contributed by atoms with E-state index in [9.17, 15) is 27.2 Å². The Morgan fingerprint density at radius 1 is 1.19 bits per heavy atom. The highest BCUT2D eigenvalue weighted by Crippen LogP contribution is 2.37. The van der Waals surface area contributed by atoms with Crippen LogP contribution >= 0.6 is 0 Å². The summed E-state index contributed by atoms with van der Waals surface area (Å²) < 4.78 is 58.1. The van der Waals surface area contributed by atoms with Crippen LogP contribution in [0.5, 0.6) is 0 Å². The lowest BCUT2D eigenvalue weighted by Crippen LogP contribution is -2.54. The maximum absolute atomic E-state index is 13.3. The van der Waals surface area contributed by atoms with Gasteiger partial charge in [-0.05, 0) is 42.8 Å². The quantitative estimate of drug-likeness (QED) is 0.725. The van der Waals surface area contributed by atoms with Crippen molar-refractivity contribution in [3.05, 3.63) is 59.4 Å². The fourth-order valence-electron chi connectivity index (χ4n) is 3.94. The van der Waals surface area contributed by atoms with Gasteiger partial charge in [0.15, 0.2) is 0 Å². The molecule has 2 heterocycles. The lowest BCUT2D eigenvalue weighted by molar-refractivity contribution is -0.137. The van der Waals surface area contributed by atoms with Gasteiger partial charge >= 0.3 is 6.18 Å². The number of halogens is 4. The predicted molar refractivity (Wildman–Crippen MR) is 109 cm³/mol. The predicted octanol–water partition coefficient (Wildman–Crippen LogP) is 3.59. The van der Waals surface area contributed by atoms with Gasteiger partial charge < -0.3 is 10.1 Å². The Kier molecular flexibility index (Phi) is 5.91. The third-order valence-electron chi connectivity index (χ3n) is 5.70. The molecule has 2 aromatic rings. The van der Waals surface area contributed by atoms with Crippen LogP contribution in [-0.2, 0) is 20.5 Å². The molecule has 32 heavy (non-hydrogen) atoms. The Morgan fingerprint density at radius 3 is 2.59 bits per heavy atom. The van der Waals surface area contributed by atoms with E-state index in [2.05, 4.69) is 5.32 Å². The van der Waals surface area contributed by atoms with Crippen LogP contribution in [0, 0.1) is 5.82 Å². The lowest BCUT2D eigenvalue weighted by Gasteiger charge is -2.39. The number of nitrogens with zero attached hydrogens (tertiary/aromatic N) is 2. The number of fused-ring (bicyclic) bond motifs is 1. The van der Waals surface area contributed by atoms with E-state index < -0.39 is 29.6 Å². The minimum Gasteiger partial charge on any atom is -0.371 e. The van der Waals surface area contributed by atoms with Gasteiger partial charge in [0.1, 0.15) is 12.4 Å². The maximum Gasteiger partial charge on any atom is 0.416 e. The summed E-state index contributed by atoms with van der Waals surface area (Å²) in [4.78, 5) is 28.5. The summed E-state index contributed by atoms with van der Waals surface area (Å²) in [5, 5.41) is 2.41. The van der Waals surface area contributed by atoms with E-state index in [0.717, 1.165) is 17.7 Å². The van der Waals surface area contributed by atoms with E-state index in [0.29, 0.717) is 19.7 Å². The molecule has 2 unspecified atom stereocenters. The van der Waals surface area contributed by atoms with Gasteiger partial charge in [-0.2, -0.15) is 13.2 Å². The first-order valence-electron chi connectivity index (χ1n) is 10.1. The molecule has 0 saturated carbocycles. The van der Waals surface area contributed by atoms with Gasteiger partial charge in [0.2, 0.25) is 11.8 Å². The normalized spacial score (nSPS) is 20.5. The molecule has 2 atom stereocenters. The van der Waals surface area contributed by atoms with E-state index in [-0.39, 0.29) is 29.8 Å². The number of carbonyl (C=O) groups excluding carboxylic acids is 2. The molecular formula is C22H21F4N3O3. The minimum absolute atomic E-state index is 0.0530. The van der Waals surface area contributed by atoms with Crippen LogP contribution in [0.2, 0.25) is 0 Å². The van der Waals surface area contributed by atoms with E-state index in [1.807, 2.05) is 4.90 Å². The number of nitrogens with one attached hydrogen (secondary N) is 1. The van der Waals surface area contributed by atoms with Crippen molar-refractivity contribution < 1.29 is 31.9 Å². The Labute approximate surface area is 181 Å². The van der Waals surface area contributed by atoms with Crippen LogP contribution in [0.1, 0.15) is 24.2 Å². The van der Waals surface area contributed by atoms with Crippen molar-refractivity contribution in [2.75, 3.05) is 36.5 Å². The number of hydrogen-bond donors (Lipinski definition) is 1. The number of anilines is 2. The molecule has 0 bridgehead atoms. The second kappa shape index (κ2) is 8.51. The second-order valence-corrected chi connectivity index (χ2v) is 7.78. The molecule has 0 aromatic heterocycles. The van der Waals surface area contributed by atoms with Crippen LogP contribution in [-0.4, -0.2) is 49.0 Å². The average Bonchev–Trinajstić information content (AvgIpc) is 2.77. The molecule has 2 aliphatic heterocycles. The molecule has 2 aromatic carbocycles. The average molecular weight is 451 g/mol. The number of ether oxygens (including phenoxy) is 1. The molecule has 2 amide bonds. The van der Waals surface area contributed by atoms with Crippen molar-refractivity contribution in [2.24, 2.45) is 0 Å². The highest BCUT2D eigenvalue weighted by atomic mass is 19.4. The lowest BCUT2D eigenvalue weighted by atomic mass is 10.1. The van der Waals surface area contributed by atoms with Crippen molar-refractivity contribution in [1.29, 1.82) is 0 Å². The van der Waals surface area contributed by atoms with Crippen LogP contribution in [0.25, 0.3) is 0 Å². The van der Waals surface area contributed by atoms with Gasteiger partial charge in [0, 0.05) is 13.1 Å². The summed E-state index contributed by atoms with van der Waals surface area (Å²) in [6, 6.07) is 8.19. The molecule has 0 radical (unpaired) electrons. The first kappa shape index (κ1) is 22.2. The number of amides is 2. The summed E-state index contributed by atoms with van der Waals surface area (Å²) >= 11 is 0. The molecule has 0 aliphatic carbocycles. The van der Waals surface area contributed by atoms with Gasteiger partial charge in [-0.3, -0.25) is 19.4 Å². The molecule has 10 heteroatoms. The van der Waals surface area contributed by atoms with Crippen molar-refractivity contribution in [3.8, 4) is 0 Å². The van der Waals surface area contributed by atoms with Crippen molar-refractivity contribution in [2.45, 2.75) is 25.2 Å². The van der Waals surface area contributed by atoms with Gasteiger partial charge in [-0.1, -0.05) is 12.1 Å². The van der Waals surface area contributed by atoms with Gasteiger partial charge in [0.25, 0.3) is 0 Å². The number of carbonyl (C=O) groups is 2. The number of alkyl halides is 3. The highest BCUT2D eigenvalue weighted by molar-refractivity contribution is 6.11. The fourth-order valence-corrected chi connectivity index (χ4v) is 3.94. The van der Waals surface area contributed by atoms with E-state index in [1.54, 1.807) is 19.1 Å². The second-order valence-electron chi connectivity index (χ2n) is 7.78. The number of rotatable bonds is 3. The van der Waals surface area contributed by atoms with Gasteiger partial charge in [-0.15, -0.1) is 0 Å². The number of morpholine rings is 1. The van der Waals surface area contributed by atoms with Crippen LogP contribution in [0.4, 0.5) is 28.9 Å². The zero-order valence-corrected chi connectivity index (χ0v) is 17.2. The summed E-state index contributed by atoms with van der Waals surface area (Å²) in [7, 11) is 0. The van der Waals surface area contributed by atoms with E-state index >= 15 is 0 Å². The number of benzene rings is 2. The molecule has 1 N–H and O–H groups in total.